The summed E-state index contributed by atoms with van der Waals surface area (Å²) in [4.78, 5) is 23.5. The highest BCUT2D eigenvalue weighted by Gasteiger charge is 2.13. The van der Waals surface area contributed by atoms with Crippen molar-refractivity contribution < 1.29 is 28.2 Å². The van der Waals surface area contributed by atoms with E-state index in [1.54, 1.807) is 49.4 Å². The van der Waals surface area contributed by atoms with Gasteiger partial charge in [0.2, 0.25) is 0 Å². The van der Waals surface area contributed by atoms with Gasteiger partial charge in [0, 0.05) is 18.7 Å². The van der Waals surface area contributed by atoms with Crippen LogP contribution in [0, 0.1) is 11.3 Å². The lowest BCUT2D eigenvalue weighted by molar-refractivity contribution is -0.139. The second-order valence-corrected chi connectivity index (χ2v) is 5.30. The molecule has 0 saturated carbocycles. The van der Waals surface area contributed by atoms with Crippen molar-refractivity contribution in [3.8, 4) is 17.4 Å². The van der Waals surface area contributed by atoms with Gasteiger partial charge < -0.3 is 18.6 Å². The Hall–Kier alpha value is -3.37. The molecule has 0 aliphatic rings. The van der Waals surface area contributed by atoms with E-state index in [0.717, 1.165) is 5.56 Å². The number of ether oxygens (including phenoxy) is 3. The van der Waals surface area contributed by atoms with Crippen LogP contribution in [0.2, 0.25) is 0 Å². The largest absolute Gasteiger partial charge is 0.462 e. The fourth-order valence-corrected chi connectivity index (χ4v) is 2.15. The maximum Gasteiger partial charge on any atom is 0.349 e. The summed E-state index contributed by atoms with van der Waals surface area (Å²) in [6.45, 7) is 2.36. The molecule has 1 aromatic carbocycles. The Morgan fingerprint density at radius 3 is 2.48 bits per heavy atom. The number of hydrogen-bond donors (Lipinski definition) is 0. The SMILES string of the molecule is CCOC(=O)c1ccc(-c2ccc(/C=C(\C#N)C(=O)OCCOC)o2)cc1. The van der Waals surface area contributed by atoms with E-state index in [4.69, 9.17) is 23.9 Å². The van der Waals surface area contributed by atoms with Gasteiger partial charge in [0.1, 0.15) is 29.8 Å². The minimum Gasteiger partial charge on any atom is -0.462 e. The van der Waals surface area contributed by atoms with Crippen molar-refractivity contribution in [1.29, 1.82) is 5.26 Å². The van der Waals surface area contributed by atoms with Crippen molar-refractivity contribution >= 4 is 18.0 Å². The first-order valence-corrected chi connectivity index (χ1v) is 8.24. The second kappa shape index (κ2) is 9.94. The average molecular weight is 369 g/mol. The summed E-state index contributed by atoms with van der Waals surface area (Å²) < 4.78 is 20.3. The maximum absolute atomic E-state index is 11.8. The quantitative estimate of drug-likeness (QED) is 0.305. The summed E-state index contributed by atoms with van der Waals surface area (Å²) in [6.07, 6.45) is 1.31. The van der Waals surface area contributed by atoms with Gasteiger partial charge in [-0.15, -0.1) is 0 Å². The predicted molar refractivity (Wildman–Crippen MR) is 96.5 cm³/mol. The standard InChI is InChI=1S/C20H19NO6/c1-3-25-19(22)15-6-4-14(5-7-15)18-9-8-17(27-18)12-16(13-21)20(23)26-11-10-24-2/h4-9,12H,3,10-11H2,1-2H3/b16-12+. The van der Waals surface area contributed by atoms with Crippen LogP contribution in [0.4, 0.5) is 0 Å². The molecule has 0 aliphatic carbocycles. The van der Waals surface area contributed by atoms with Crippen molar-refractivity contribution in [2.75, 3.05) is 26.9 Å². The summed E-state index contributed by atoms with van der Waals surface area (Å²) in [6, 6.07) is 11.9. The molecule has 1 aromatic heterocycles. The van der Waals surface area contributed by atoms with E-state index in [1.165, 1.54) is 13.2 Å². The fraction of sp³-hybridized carbons (Fsp3) is 0.250. The molecule has 27 heavy (non-hydrogen) atoms. The van der Waals surface area contributed by atoms with Crippen LogP contribution in [0.5, 0.6) is 0 Å². The topological polar surface area (TPSA) is 98.8 Å². The molecule has 0 radical (unpaired) electrons. The molecule has 140 valence electrons. The monoisotopic (exact) mass is 369 g/mol. The van der Waals surface area contributed by atoms with E-state index >= 15 is 0 Å². The highest BCUT2D eigenvalue weighted by molar-refractivity contribution is 5.97. The number of methoxy groups -OCH3 is 1. The fourth-order valence-electron chi connectivity index (χ4n) is 2.15. The Morgan fingerprint density at radius 2 is 1.85 bits per heavy atom. The van der Waals surface area contributed by atoms with Gasteiger partial charge >= 0.3 is 11.9 Å². The molecule has 0 atom stereocenters. The summed E-state index contributed by atoms with van der Waals surface area (Å²) in [5.74, 6) is -0.273. The molecule has 0 fully saturated rings. The van der Waals surface area contributed by atoms with Crippen LogP contribution in [0.15, 0.2) is 46.4 Å². The summed E-state index contributed by atoms with van der Waals surface area (Å²) >= 11 is 0. The van der Waals surface area contributed by atoms with Crippen molar-refractivity contribution in [2.24, 2.45) is 0 Å². The highest BCUT2D eigenvalue weighted by atomic mass is 16.6. The Bertz CT molecular complexity index is 857. The smallest absolute Gasteiger partial charge is 0.349 e. The first kappa shape index (κ1) is 19.9. The zero-order valence-electron chi connectivity index (χ0n) is 15.1. The Morgan fingerprint density at radius 1 is 1.11 bits per heavy atom. The van der Waals surface area contributed by atoms with E-state index < -0.39 is 11.9 Å². The number of hydrogen-bond acceptors (Lipinski definition) is 7. The summed E-state index contributed by atoms with van der Waals surface area (Å²) in [5.41, 5.74) is 1.01. The molecule has 0 aliphatic heterocycles. The Kier molecular flexibility index (Phi) is 7.35. The molecule has 0 amide bonds. The predicted octanol–water partition coefficient (Wildman–Crippen LogP) is 3.22. The average Bonchev–Trinajstić information content (AvgIpc) is 3.15. The molecule has 2 rings (SSSR count). The summed E-state index contributed by atoms with van der Waals surface area (Å²) in [7, 11) is 1.48. The van der Waals surface area contributed by atoms with Gasteiger partial charge in [0.15, 0.2) is 0 Å². The minimum absolute atomic E-state index is 0.0601. The van der Waals surface area contributed by atoms with Crippen LogP contribution in [-0.4, -0.2) is 38.9 Å². The lowest BCUT2D eigenvalue weighted by atomic mass is 10.1. The number of carbonyl (C=O) groups is 2. The maximum atomic E-state index is 11.8. The number of rotatable bonds is 8. The lowest BCUT2D eigenvalue weighted by Crippen LogP contribution is -2.11. The molecule has 1 heterocycles. The molecular formula is C20H19NO6. The van der Waals surface area contributed by atoms with E-state index in [1.807, 2.05) is 0 Å². The van der Waals surface area contributed by atoms with Gasteiger partial charge in [-0.1, -0.05) is 12.1 Å². The first-order chi connectivity index (χ1) is 13.1. The van der Waals surface area contributed by atoms with Crippen LogP contribution < -0.4 is 0 Å². The number of furan rings is 1. The number of benzene rings is 1. The third kappa shape index (κ3) is 5.56. The molecule has 7 nitrogen and oxygen atoms in total. The Labute approximate surface area is 156 Å². The van der Waals surface area contributed by atoms with Gasteiger partial charge in [0.25, 0.3) is 0 Å². The first-order valence-electron chi connectivity index (χ1n) is 8.24. The third-order valence-electron chi connectivity index (χ3n) is 3.45. The van der Waals surface area contributed by atoms with Crippen LogP contribution in [0.1, 0.15) is 23.0 Å². The molecule has 0 spiro atoms. The Balaban J connectivity index is 2.12. The molecule has 0 bridgehead atoms. The van der Waals surface area contributed by atoms with Crippen molar-refractivity contribution in [3.05, 3.63) is 53.3 Å². The van der Waals surface area contributed by atoms with E-state index in [0.29, 0.717) is 23.7 Å². The molecule has 0 N–H and O–H groups in total. The zero-order valence-corrected chi connectivity index (χ0v) is 15.1. The normalized spacial score (nSPS) is 10.9. The zero-order chi connectivity index (χ0) is 19.6. The molecule has 2 aromatic rings. The van der Waals surface area contributed by atoms with Crippen molar-refractivity contribution in [1.82, 2.24) is 0 Å². The summed E-state index contributed by atoms with van der Waals surface area (Å²) in [5, 5.41) is 9.13. The lowest BCUT2D eigenvalue weighted by Gasteiger charge is -2.03. The van der Waals surface area contributed by atoms with Gasteiger partial charge in [-0.25, -0.2) is 9.59 Å². The number of nitrogens with zero attached hydrogens (tertiary/aromatic N) is 1. The molecule has 0 saturated heterocycles. The van der Waals surface area contributed by atoms with E-state index in [9.17, 15) is 9.59 Å². The van der Waals surface area contributed by atoms with Crippen molar-refractivity contribution in [3.63, 3.8) is 0 Å². The molecular weight excluding hydrogens is 350 g/mol. The van der Waals surface area contributed by atoms with Crippen LogP contribution in [0.25, 0.3) is 17.4 Å². The van der Waals surface area contributed by atoms with Crippen molar-refractivity contribution in [2.45, 2.75) is 6.92 Å². The number of nitriles is 1. The van der Waals surface area contributed by atoms with E-state index in [2.05, 4.69) is 0 Å². The number of esters is 2. The third-order valence-corrected chi connectivity index (χ3v) is 3.45. The molecule has 7 heteroatoms. The minimum atomic E-state index is -0.744. The molecule has 0 unspecified atom stereocenters. The van der Waals surface area contributed by atoms with Gasteiger partial charge in [0.05, 0.1) is 18.8 Å². The van der Waals surface area contributed by atoms with Gasteiger partial charge in [-0.2, -0.15) is 5.26 Å². The number of carbonyl (C=O) groups excluding carboxylic acids is 2. The van der Waals surface area contributed by atoms with E-state index in [-0.39, 0.29) is 18.8 Å². The highest BCUT2D eigenvalue weighted by Crippen LogP contribution is 2.24. The van der Waals surface area contributed by atoms with Crippen LogP contribution in [-0.2, 0) is 19.0 Å². The van der Waals surface area contributed by atoms with Crippen LogP contribution >= 0.6 is 0 Å². The van der Waals surface area contributed by atoms with Gasteiger partial charge in [-0.05, 0) is 31.2 Å². The second-order valence-electron chi connectivity index (χ2n) is 5.30. The van der Waals surface area contributed by atoms with Crippen LogP contribution in [0.3, 0.4) is 0 Å². The van der Waals surface area contributed by atoms with Gasteiger partial charge in [-0.3, -0.25) is 0 Å².